The van der Waals surface area contributed by atoms with Crippen LogP contribution < -0.4 is 10.1 Å². The molecule has 0 bridgehead atoms. The fourth-order valence-corrected chi connectivity index (χ4v) is 3.68. The second-order valence-electron chi connectivity index (χ2n) is 6.42. The normalized spacial score (nSPS) is 10.7. The number of benzene rings is 1. The summed E-state index contributed by atoms with van der Waals surface area (Å²) in [6, 6.07) is 8.38. The lowest BCUT2D eigenvalue weighted by atomic mass is 10.1. The molecule has 0 saturated carbocycles. The molecular formula is C20H15ClN6O4S. The van der Waals surface area contributed by atoms with Crippen LogP contribution in [0.4, 0.5) is 0 Å². The van der Waals surface area contributed by atoms with E-state index in [-0.39, 0.29) is 18.1 Å². The molecule has 3 aromatic heterocycles. The third-order valence-corrected chi connectivity index (χ3v) is 5.37. The smallest absolute Gasteiger partial charge is 0.338 e. The number of aromatic carboxylic acids is 1. The molecule has 0 aliphatic rings. The third-order valence-electron chi connectivity index (χ3n) is 4.26. The molecule has 12 heteroatoms. The van der Waals surface area contributed by atoms with Gasteiger partial charge in [-0.05, 0) is 18.2 Å². The minimum atomic E-state index is -1.09. The molecule has 4 rings (SSSR count). The van der Waals surface area contributed by atoms with Gasteiger partial charge in [0.1, 0.15) is 11.4 Å². The van der Waals surface area contributed by atoms with Crippen LogP contribution in [0.25, 0.3) is 16.9 Å². The van der Waals surface area contributed by atoms with Crippen molar-refractivity contribution in [3.63, 3.8) is 0 Å². The number of carboxylic acids is 1. The largest absolute Gasteiger partial charge is 0.484 e. The first-order chi connectivity index (χ1) is 15.5. The Morgan fingerprint density at radius 1 is 1.25 bits per heavy atom. The third kappa shape index (κ3) is 5.07. The van der Waals surface area contributed by atoms with Crippen molar-refractivity contribution in [3.05, 3.63) is 70.0 Å². The number of halogens is 1. The van der Waals surface area contributed by atoms with E-state index in [1.165, 1.54) is 34.5 Å². The summed E-state index contributed by atoms with van der Waals surface area (Å²) in [6.07, 6.45) is 6.00. The van der Waals surface area contributed by atoms with E-state index in [0.717, 1.165) is 4.88 Å². The lowest BCUT2D eigenvalue weighted by molar-refractivity contribution is -0.123. The summed E-state index contributed by atoms with van der Waals surface area (Å²) in [5.41, 5.74) is 1.54. The zero-order chi connectivity index (χ0) is 22.5. The molecule has 162 valence electrons. The molecule has 10 nitrogen and oxygen atoms in total. The molecule has 4 aromatic rings. The molecular weight excluding hydrogens is 456 g/mol. The zero-order valence-corrected chi connectivity index (χ0v) is 17.9. The Hall–Kier alpha value is -3.83. The summed E-state index contributed by atoms with van der Waals surface area (Å²) in [6.45, 7) is 0.155. The molecule has 32 heavy (non-hydrogen) atoms. The van der Waals surface area contributed by atoms with Crippen molar-refractivity contribution < 1.29 is 19.4 Å². The predicted molar refractivity (Wildman–Crippen MR) is 116 cm³/mol. The number of carboxylic acid groups (broad SMARTS) is 1. The van der Waals surface area contributed by atoms with Crippen molar-refractivity contribution in [2.75, 3.05) is 6.61 Å². The average Bonchev–Trinajstić information content (AvgIpc) is 3.46. The fraction of sp³-hybridized carbons (Fsp3) is 0.100. The Kier molecular flexibility index (Phi) is 6.38. The van der Waals surface area contributed by atoms with Crippen molar-refractivity contribution in [1.29, 1.82) is 0 Å². The van der Waals surface area contributed by atoms with Crippen LogP contribution in [0.3, 0.4) is 0 Å². The first-order valence-electron chi connectivity index (χ1n) is 9.20. The summed E-state index contributed by atoms with van der Waals surface area (Å²) >= 11 is 7.06. The highest BCUT2D eigenvalue weighted by Gasteiger charge is 2.14. The lowest BCUT2D eigenvalue weighted by Gasteiger charge is -2.07. The molecule has 0 radical (unpaired) electrons. The van der Waals surface area contributed by atoms with E-state index >= 15 is 0 Å². The predicted octanol–water partition coefficient (Wildman–Crippen LogP) is 2.83. The van der Waals surface area contributed by atoms with Crippen molar-refractivity contribution >= 4 is 34.8 Å². The fourth-order valence-electron chi connectivity index (χ4n) is 2.76. The van der Waals surface area contributed by atoms with E-state index in [1.807, 2.05) is 0 Å². The molecule has 0 saturated heterocycles. The van der Waals surface area contributed by atoms with Gasteiger partial charge in [0.25, 0.3) is 5.91 Å². The maximum absolute atomic E-state index is 12.0. The van der Waals surface area contributed by atoms with E-state index in [9.17, 15) is 14.7 Å². The van der Waals surface area contributed by atoms with Gasteiger partial charge in [-0.1, -0.05) is 28.9 Å². The molecule has 0 fully saturated rings. The maximum atomic E-state index is 12.0. The first-order valence-corrected chi connectivity index (χ1v) is 10.4. The Morgan fingerprint density at radius 3 is 2.91 bits per heavy atom. The summed E-state index contributed by atoms with van der Waals surface area (Å²) in [5.74, 6) is -0.907. The van der Waals surface area contributed by atoms with Gasteiger partial charge in [-0.2, -0.15) is 0 Å². The quantitative estimate of drug-likeness (QED) is 0.401. The van der Waals surface area contributed by atoms with Crippen molar-refractivity contribution in [1.82, 2.24) is 30.3 Å². The molecule has 1 aromatic carbocycles. The van der Waals surface area contributed by atoms with Gasteiger partial charge in [0.15, 0.2) is 11.1 Å². The topological polar surface area (TPSA) is 132 Å². The number of hydrogen-bond donors (Lipinski definition) is 2. The van der Waals surface area contributed by atoms with Crippen molar-refractivity contribution in [3.8, 4) is 22.7 Å². The number of aromatic nitrogens is 5. The molecule has 0 aliphatic carbocycles. The van der Waals surface area contributed by atoms with Gasteiger partial charge in [-0.25, -0.2) is 14.5 Å². The number of rotatable bonds is 8. The van der Waals surface area contributed by atoms with E-state index in [0.29, 0.717) is 33.7 Å². The lowest BCUT2D eigenvalue weighted by Crippen LogP contribution is -2.28. The highest BCUT2D eigenvalue weighted by atomic mass is 35.5. The summed E-state index contributed by atoms with van der Waals surface area (Å²) in [5, 5.41) is 20.2. The Morgan fingerprint density at radius 2 is 2.12 bits per heavy atom. The van der Waals surface area contributed by atoms with Crippen molar-refractivity contribution in [2.24, 2.45) is 0 Å². The highest BCUT2D eigenvalue weighted by Crippen LogP contribution is 2.23. The average molecular weight is 471 g/mol. The Balaban J connectivity index is 1.41. The first kappa shape index (κ1) is 21.4. The van der Waals surface area contributed by atoms with Gasteiger partial charge in [0.2, 0.25) is 0 Å². The SMILES string of the molecule is O=C(COc1cccc(-c2cn(-c3cnccc3C(=O)O)nn2)c1)NCc1cnc(Cl)s1. The molecule has 1 amide bonds. The van der Waals surface area contributed by atoms with Gasteiger partial charge in [-0.15, -0.1) is 16.4 Å². The van der Waals surface area contributed by atoms with Crippen LogP contribution in [0.1, 0.15) is 15.2 Å². The van der Waals surface area contributed by atoms with Crippen LogP contribution in [-0.4, -0.2) is 48.6 Å². The van der Waals surface area contributed by atoms with Gasteiger partial charge < -0.3 is 15.2 Å². The maximum Gasteiger partial charge on any atom is 0.338 e. The van der Waals surface area contributed by atoms with Gasteiger partial charge in [0.05, 0.1) is 30.2 Å². The summed E-state index contributed by atoms with van der Waals surface area (Å²) < 4.78 is 7.34. The van der Waals surface area contributed by atoms with Crippen LogP contribution >= 0.6 is 22.9 Å². The number of pyridine rings is 1. The second-order valence-corrected chi connectivity index (χ2v) is 8.12. The number of hydrogen-bond acceptors (Lipinski definition) is 8. The number of carbonyl (C=O) groups excluding carboxylic acids is 1. The minimum absolute atomic E-state index is 0.0557. The summed E-state index contributed by atoms with van der Waals surface area (Å²) in [4.78, 5) is 32.2. The summed E-state index contributed by atoms with van der Waals surface area (Å²) in [7, 11) is 0. The second kappa shape index (κ2) is 9.54. The zero-order valence-electron chi connectivity index (χ0n) is 16.3. The number of amides is 1. The van der Waals surface area contributed by atoms with E-state index in [4.69, 9.17) is 16.3 Å². The monoisotopic (exact) mass is 470 g/mol. The molecule has 0 spiro atoms. The van der Waals surface area contributed by atoms with Crippen LogP contribution in [0.15, 0.2) is 55.1 Å². The number of nitrogens with zero attached hydrogens (tertiary/aromatic N) is 5. The van der Waals surface area contributed by atoms with Gasteiger partial charge >= 0.3 is 5.97 Å². The van der Waals surface area contributed by atoms with E-state index in [2.05, 4.69) is 25.6 Å². The number of carbonyl (C=O) groups is 2. The molecule has 2 N–H and O–H groups in total. The minimum Gasteiger partial charge on any atom is -0.484 e. The van der Waals surface area contributed by atoms with Crippen LogP contribution in [-0.2, 0) is 11.3 Å². The highest BCUT2D eigenvalue weighted by molar-refractivity contribution is 7.15. The van der Waals surface area contributed by atoms with E-state index in [1.54, 1.807) is 36.7 Å². The molecule has 3 heterocycles. The molecule has 0 aliphatic heterocycles. The number of nitrogens with one attached hydrogen (secondary N) is 1. The van der Waals surface area contributed by atoms with Crippen LogP contribution in [0, 0.1) is 0 Å². The standard InChI is InChI=1S/C20H15ClN6O4S/c21-20-24-8-14(32-20)7-23-18(28)11-31-13-3-1-2-12(6-13)16-10-27(26-25-16)17-9-22-5-4-15(17)19(29)30/h1-6,8-10H,7,11H2,(H,23,28)(H,29,30). The Bertz CT molecular complexity index is 1270. The van der Waals surface area contributed by atoms with Gasteiger partial charge in [-0.3, -0.25) is 9.78 Å². The number of thiazole rings is 1. The number of ether oxygens (including phenoxy) is 1. The van der Waals surface area contributed by atoms with Crippen LogP contribution in [0.2, 0.25) is 4.47 Å². The molecule has 0 unspecified atom stereocenters. The van der Waals surface area contributed by atoms with E-state index < -0.39 is 5.97 Å². The Labute approximate surface area is 190 Å². The van der Waals surface area contributed by atoms with Gasteiger partial charge in [0, 0.05) is 22.8 Å². The van der Waals surface area contributed by atoms with Crippen molar-refractivity contribution in [2.45, 2.75) is 6.54 Å². The van der Waals surface area contributed by atoms with Crippen LogP contribution in [0.5, 0.6) is 5.75 Å². The molecule has 0 atom stereocenters.